The maximum atomic E-state index is 12.1. The van der Waals surface area contributed by atoms with Gasteiger partial charge in [0.15, 0.2) is 0 Å². The zero-order valence-electron chi connectivity index (χ0n) is 10.7. The number of nitrogens with zero attached hydrogens (tertiary/aromatic N) is 1. The Labute approximate surface area is 104 Å². The SMILES string of the molecule is CC(C)CNS(=O)(=O)N1CC(CN)OCC1C. The normalized spacial score (nSPS) is 27.6. The Balaban J connectivity index is 2.67. The summed E-state index contributed by atoms with van der Waals surface area (Å²) in [7, 11) is -3.42. The van der Waals surface area contributed by atoms with E-state index in [0.717, 1.165) is 0 Å². The highest BCUT2D eigenvalue weighted by atomic mass is 32.2. The van der Waals surface area contributed by atoms with Crippen molar-refractivity contribution < 1.29 is 13.2 Å². The molecule has 0 aromatic rings. The van der Waals surface area contributed by atoms with E-state index < -0.39 is 10.2 Å². The van der Waals surface area contributed by atoms with Crippen molar-refractivity contribution in [2.45, 2.75) is 32.9 Å². The molecule has 1 aliphatic rings. The first-order chi connectivity index (χ1) is 7.86. The van der Waals surface area contributed by atoms with Crippen molar-refractivity contribution in [1.29, 1.82) is 0 Å². The minimum Gasteiger partial charge on any atom is -0.374 e. The number of ether oxygens (including phenoxy) is 1. The van der Waals surface area contributed by atoms with Crippen molar-refractivity contribution in [3.8, 4) is 0 Å². The molecule has 1 fully saturated rings. The van der Waals surface area contributed by atoms with Crippen LogP contribution < -0.4 is 10.5 Å². The van der Waals surface area contributed by atoms with E-state index in [9.17, 15) is 8.42 Å². The van der Waals surface area contributed by atoms with E-state index in [4.69, 9.17) is 10.5 Å². The smallest absolute Gasteiger partial charge is 0.279 e. The summed E-state index contributed by atoms with van der Waals surface area (Å²) in [6.45, 7) is 7.27. The number of nitrogens with two attached hydrogens (primary N) is 1. The second-order valence-electron chi connectivity index (χ2n) is 4.86. The van der Waals surface area contributed by atoms with Crippen LogP contribution in [-0.2, 0) is 14.9 Å². The molecule has 17 heavy (non-hydrogen) atoms. The van der Waals surface area contributed by atoms with Crippen molar-refractivity contribution in [3.05, 3.63) is 0 Å². The van der Waals surface area contributed by atoms with Crippen LogP contribution in [0.4, 0.5) is 0 Å². The van der Waals surface area contributed by atoms with Crippen LogP contribution in [0.5, 0.6) is 0 Å². The molecular formula is C10H23N3O3S. The van der Waals surface area contributed by atoms with E-state index in [1.807, 2.05) is 20.8 Å². The van der Waals surface area contributed by atoms with Crippen LogP contribution in [0, 0.1) is 5.92 Å². The summed E-state index contributed by atoms with van der Waals surface area (Å²) in [4.78, 5) is 0. The fourth-order valence-corrected chi connectivity index (χ4v) is 3.23. The molecule has 7 heteroatoms. The van der Waals surface area contributed by atoms with Gasteiger partial charge in [0.2, 0.25) is 0 Å². The Hall–Kier alpha value is -0.210. The molecule has 0 radical (unpaired) electrons. The summed E-state index contributed by atoms with van der Waals surface area (Å²) in [5, 5.41) is 0. The van der Waals surface area contributed by atoms with Gasteiger partial charge in [-0.1, -0.05) is 13.8 Å². The minimum atomic E-state index is -3.42. The van der Waals surface area contributed by atoms with Crippen molar-refractivity contribution in [2.75, 3.05) is 26.2 Å². The van der Waals surface area contributed by atoms with Crippen LogP contribution in [0.2, 0.25) is 0 Å². The fraction of sp³-hybridized carbons (Fsp3) is 1.00. The van der Waals surface area contributed by atoms with Crippen LogP contribution in [0.25, 0.3) is 0 Å². The van der Waals surface area contributed by atoms with Gasteiger partial charge in [-0.25, -0.2) is 4.72 Å². The molecule has 0 aliphatic carbocycles. The second-order valence-corrected chi connectivity index (χ2v) is 6.56. The molecule has 1 saturated heterocycles. The highest BCUT2D eigenvalue weighted by Crippen LogP contribution is 2.14. The third-order valence-corrected chi connectivity index (χ3v) is 4.35. The third-order valence-electron chi connectivity index (χ3n) is 2.69. The van der Waals surface area contributed by atoms with Gasteiger partial charge >= 0.3 is 0 Å². The Morgan fingerprint density at radius 2 is 2.18 bits per heavy atom. The van der Waals surface area contributed by atoms with E-state index in [1.54, 1.807) is 0 Å². The predicted molar refractivity (Wildman–Crippen MR) is 66.7 cm³/mol. The molecule has 0 amide bonds. The molecule has 1 rings (SSSR count). The van der Waals surface area contributed by atoms with Crippen molar-refractivity contribution >= 4 is 10.2 Å². The minimum absolute atomic E-state index is 0.150. The van der Waals surface area contributed by atoms with E-state index in [-0.39, 0.29) is 18.1 Å². The van der Waals surface area contributed by atoms with Crippen LogP contribution in [0.3, 0.4) is 0 Å². The Morgan fingerprint density at radius 1 is 1.53 bits per heavy atom. The van der Waals surface area contributed by atoms with Gasteiger partial charge in [0, 0.05) is 25.7 Å². The standard InChI is InChI=1S/C10H23N3O3S/c1-8(2)5-12-17(14,15)13-6-10(4-11)16-7-9(13)3/h8-10,12H,4-7,11H2,1-3H3. The molecule has 0 aromatic carbocycles. The van der Waals surface area contributed by atoms with Gasteiger partial charge in [0.25, 0.3) is 10.2 Å². The molecule has 102 valence electrons. The molecule has 1 heterocycles. The molecule has 0 saturated carbocycles. The van der Waals surface area contributed by atoms with E-state index >= 15 is 0 Å². The van der Waals surface area contributed by atoms with E-state index in [2.05, 4.69) is 4.72 Å². The lowest BCUT2D eigenvalue weighted by Gasteiger charge is -2.36. The van der Waals surface area contributed by atoms with Crippen LogP contribution >= 0.6 is 0 Å². The summed E-state index contributed by atoms with van der Waals surface area (Å²) < 4.78 is 33.6. The van der Waals surface area contributed by atoms with E-state index in [0.29, 0.717) is 26.2 Å². The first-order valence-electron chi connectivity index (χ1n) is 5.95. The van der Waals surface area contributed by atoms with Crippen molar-refractivity contribution in [3.63, 3.8) is 0 Å². The molecule has 6 nitrogen and oxygen atoms in total. The van der Waals surface area contributed by atoms with Crippen LogP contribution in [0.15, 0.2) is 0 Å². The lowest BCUT2D eigenvalue weighted by Crippen LogP contribution is -2.56. The number of hydrogen-bond acceptors (Lipinski definition) is 4. The summed E-state index contributed by atoms with van der Waals surface area (Å²) in [6.07, 6.45) is -0.207. The average molecular weight is 265 g/mol. The molecule has 2 unspecified atom stereocenters. The van der Waals surface area contributed by atoms with Gasteiger partial charge in [-0.3, -0.25) is 0 Å². The third kappa shape index (κ3) is 4.18. The quantitative estimate of drug-likeness (QED) is 0.703. The van der Waals surface area contributed by atoms with Gasteiger partial charge in [0.05, 0.1) is 12.7 Å². The first-order valence-corrected chi connectivity index (χ1v) is 7.39. The average Bonchev–Trinajstić information content (AvgIpc) is 2.27. The highest BCUT2D eigenvalue weighted by Gasteiger charge is 2.33. The van der Waals surface area contributed by atoms with Crippen LogP contribution in [-0.4, -0.2) is 51.1 Å². The Kier molecular flexibility index (Phi) is 5.33. The second kappa shape index (κ2) is 6.10. The van der Waals surface area contributed by atoms with Crippen LogP contribution in [0.1, 0.15) is 20.8 Å². The maximum Gasteiger partial charge on any atom is 0.279 e. The summed E-state index contributed by atoms with van der Waals surface area (Å²) >= 11 is 0. The van der Waals surface area contributed by atoms with Crippen molar-refractivity contribution in [1.82, 2.24) is 9.03 Å². The number of rotatable bonds is 5. The molecular weight excluding hydrogens is 242 g/mol. The Bertz CT molecular complexity index is 332. The van der Waals surface area contributed by atoms with Gasteiger partial charge in [0.1, 0.15) is 0 Å². The molecule has 0 bridgehead atoms. The predicted octanol–water partition coefficient (Wildman–Crippen LogP) is -0.475. The van der Waals surface area contributed by atoms with Gasteiger partial charge in [-0.05, 0) is 12.8 Å². The topological polar surface area (TPSA) is 84.7 Å². The molecule has 3 N–H and O–H groups in total. The largest absolute Gasteiger partial charge is 0.374 e. The molecule has 0 aromatic heterocycles. The summed E-state index contributed by atoms with van der Waals surface area (Å²) in [5.41, 5.74) is 5.51. The van der Waals surface area contributed by atoms with Gasteiger partial charge in [-0.15, -0.1) is 0 Å². The lowest BCUT2D eigenvalue weighted by atomic mass is 10.2. The highest BCUT2D eigenvalue weighted by molar-refractivity contribution is 7.87. The number of morpholine rings is 1. The van der Waals surface area contributed by atoms with Crippen molar-refractivity contribution in [2.24, 2.45) is 11.7 Å². The number of nitrogens with one attached hydrogen (secondary N) is 1. The fourth-order valence-electron chi connectivity index (χ4n) is 1.62. The zero-order chi connectivity index (χ0) is 13.1. The van der Waals surface area contributed by atoms with Gasteiger partial charge < -0.3 is 10.5 Å². The lowest BCUT2D eigenvalue weighted by molar-refractivity contribution is -0.0224. The number of hydrogen-bond donors (Lipinski definition) is 2. The summed E-state index contributed by atoms with van der Waals surface area (Å²) in [5.74, 6) is 0.284. The first kappa shape index (κ1) is 14.8. The maximum absolute atomic E-state index is 12.1. The monoisotopic (exact) mass is 265 g/mol. The zero-order valence-corrected chi connectivity index (χ0v) is 11.5. The summed E-state index contributed by atoms with van der Waals surface area (Å²) in [6, 6.07) is -0.150. The molecule has 1 aliphatic heterocycles. The molecule has 2 atom stereocenters. The molecule has 0 spiro atoms. The van der Waals surface area contributed by atoms with E-state index in [1.165, 1.54) is 4.31 Å². The Morgan fingerprint density at radius 3 is 2.71 bits per heavy atom. The van der Waals surface area contributed by atoms with Gasteiger partial charge in [-0.2, -0.15) is 12.7 Å².